The fourth-order valence-corrected chi connectivity index (χ4v) is 3.30. The molecular weight excluding hydrogens is 226 g/mol. The molecule has 2 heterocycles. The van der Waals surface area contributed by atoms with Crippen molar-refractivity contribution in [2.45, 2.75) is 45.2 Å². The molecule has 2 aliphatic heterocycles. The lowest BCUT2D eigenvalue weighted by Crippen LogP contribution is -2.57. The number of guanidine groups is 1. The van der Waals surface area contributed by atoms with E-state index in [0.29, 0.717) is 0 Å². The molecule has 0 aliphatic carbocycles. The second-order valence-corrected chi connectivity index (χ2v) is 5.88. The first-order valence-electron chi connectivity index (χ1n) is 7.11. The molecule has 2 unspecified atom stereocenters. The molecule has 0 aromatic rings. The predicted octanol–water partition coefficient (Wildman–Crippen LogP) is 0.630. The SMILES string of the molecule is CC(C)N=C(NN)N1CCC2C(CCCN2C)C1. The van der Waals surface area contributed by atoms with Crippen LogP contribution in [0.5, 0.6) is 0 Å². The maximum Gasteiger partial charge on any atom is 0.208 e. The highest BCUT2D eigenvalue weighted by molar-refractivity contribution is 5.79. The number of rotatable bonds is 1. The molecule has 2 aliphatic rings. The number of hydrogen-bond acceptors (Lipinski definition) is 3. The average molecular weight is 253 g/mol. The molecule has 0 aromatic heterocycles. The summed E-state index contributed by atoms with van der Waals surface area (Å²) >= 11 is 0. The number of aliphatic imine (C=N–C) groups is 1. The zero-order valence-electron chi connectivity index (χ0n) is 11.9. The van der Waals surface area contributed by atoms with Crippen molar-refractivity contribution in [3.63, 3.8) is 0 Å². The molecule has 5 nitrogen and oxygen atoms in total. The maximum absolute atomic E-state index is 5.61. The highest BCUT2D eigenvalue weighted by Gasteiger charge is 2.35. The minimum absolute atomic E-state index is 0.280. The third kappa shape index (κ3) is 2.95. The Morgan fingerprint density at radius 3 is 2.78 bits per heavy atom. The van der Waals surface area contributed by atoms with Crippen molar-refractivity contribution in [2.24, 2.45) is 16.8 Å². The van der Waals surface area contributed by atoms with Gasteiger partial charge in [-0.05, 0) is 52.6 Å². The van der Waals surface area contributed by atoms with Gasteiger partial charge in [0, 0.05) is 25.2 Å². The normalized spacial score (nSPS) is 30.5. The summed E-state index contributed by atoms with van der Waals surface area (Å²) in [6, 6.07) is 1.04. The lowest BCUT2D eigenvalue weighted by molar-refractivity contribution is 0.0619. The van der Waals surface area contributed by atoms with Crippen LogP contribution in [0.4, 0.5) is 0 Å². The first kappa shape index (κ1) is 13.6. The van der Waals surface area contributed by atoms with Crippen molar-refractivity contribution in [3.8, 4) is 0 Å². The molecule has 5 heteroatoms. The van der Waals surface area contributed by atoms with Crippen molar-refractivity contribution in [1.29, 1.82) is 0 Å². The van der Waals surface area contributed by atoms with Crippen LogP contribution in [0, 0.1) is 5.92 Å². The van der Waals surface area contributed by atoms with Crippen molar-refractivity contribution >= 4 is 5.96 Å². The number of hydrogen-bond donors (Lipinski definition) is 2. The molecule has 2 fully saturated rings. The summed E-state index contributed by atoms with van der Waals surface area (Å²) < 4.78 is 0. The molecular formula is C13H27N5. The van der Waals surface area contributed by atoms with Crippen molar-refractivity contribution in [1.82, 2.24) is 15.2 Å². The second-order valence-electron chi connectivity index (χ2n) is 5.88. The molecule has 0 saturated carbocycles. The highest BCUT2D eigenvalue weighted by atomic mass is 15.4. The Bertz CT molecular complexity index is 302. The molecule has 104 valence electrons. The van der Waals surface area contributed by atoms with Gasteiger partial charge >= 0.3 is 0 Å². The van der Waals surface area contributed by atoms with E-state index >= 15 is 0 Å². The summed E-state index contributed by atoms with van der Waals surface area (Å²) in [6.07, 6.45) is 3.88. The van der Waals surface area contributed by atoms with Crippen LogP contribution >= 0.6 is 0 Å². The number of hydrazine groups is 1. The third-order valence-corrected chi connectivity index (χ3v) is 4.15. The molecule has 0 amide bonds. The third-order valence-electron chi connectivity index (χ3n) is 4.15. The molecule has 0 radical (unpaired) electrons. The maximum atomic E-state index is 5.61. The van der Waals surface area contributed by atoms with Crippen LogP contribution in [0.25, 0.3) is 0 Å². The number of likely N-dealkylation sites (tertiary alicyclic amines) is 2. The average Bonchev–Trinajstić information content (AvgIpc) is 2.35. The van der Waals surface area contributed by atoms with Crippen LogP contribution in [-0.2, 0) is 0 Å². The Morgan fingerprint density at radius 1 is 1.33 bits per heavy atom. The van der Waals surface area contributed by atoms with Gasteiger partial charge in [-0.1, -0.05) is 0 Å². The van der Waals surface area contributed by atoms with E-state index in [1.807, 2.05) is 0 Å². The van der Waals surface area contributed by atoms with Gasteiger partial charge in [-0.25, -0.2) is 10.8 Å². The zero-order chi connectivity index (χ0) is 13.1. The van der Waals surface area contributed by atoms with E-state index in [2.05, 4.69) is 41.1 Å². The van der Waals surface area contributed by atoms with E-state index in [0.717, 1.165) is 31.0 Å². The number of piperidine rings is 2. The van der Waals surface area contributed by atoms with Gasteiger partial charge in [0.25, 0.3) is 0 Å². The van der Waals surface area contributed by atoms with Gasteiger partial charge in [0.2, 0.25) is 5.96 Å². The molecule has 2 atom stereocenters. The van der Waals surface area contributed by atoms with Gasteiger partial charge < -0.3 is 9.80 Å². The zero-order valence-corrected chi connectivity index (χ0v) is 11.9. The van der Waals surface area contributed by atoms with Crippen molar-refractivity contribution in [2.75, 3.05) is 26.7 Å². The summed E-state index contributed by atoms with van der Waals surface area (Å²) in [5, 5.41) is 0. The van der Waals surface area contributed by atoms with E-state index < -0.39 is 0 Å². The largest absolute Gasteiger partial charge is 0.342 e. The highest BCUT2D eigenvalue weighted by Crippen LogP contribution is 2.29. The minimum Gasteiger partial charge on any atom is -0.342 e. The Morgan fingerprint density at radius 2 is 2.11 bits per heavy atom. The van der Waals surface area contributed by atoms with Gasteiger partial charge in [0.05, 0.1) is 0 Å². The standard InChI is InChI=1S/C13H27N5/c1-10(2)15-13(16-14)18-8-6-12-11(9-18)5-4-7-17(12)3/h10-12H,4-9,14H2,1-3H3,(H,15,16). The molecule has 0 bridgehead atoms. The molecule has 2 rings (SSSR count). The number of nitrogens with one attached hydrogen (secondary N) is 1. The van der Waals surface area contributed by atoms with Crippen LogP contribution < -0.4 is 11.3 Å². The molecule has 0 aromatic carbocycles. The number of fused-ring (bicyclic) bond motifs is 1. The minimum atomic E-state index is 0.280. The Kier molecular flexibility index (Phi) is 4.45. The van der Waals surface area contributed by atoms with Gasteiger partial charge in [-0.15, -0.1) is 0 Å². The first-order chi connectivity index (χ1) is 8.61. The van der Waals surface area contributed by atoms with Crippen LogP contribution in [-0.4, -0.2) is 54.5 Å². The molecule has 2 saturated heterocycles. The second kappa shape index (κ2) is 5.89. The molecule has 3 N–H and O–H groups in total. The monoisotopic (exact) mass is 253 g/mol. The van der Waals surface area contributed by atoms with Crippen molar-refractivity contribution < 1.29 is 0 Å². The summed E-state index contributed by atoms with van der Waals surface area (Å²) in [5.74, 6) is 7.24. The van der Waals surface area contributed by atoms with Crippen LogP contribution in [0.2, 0.25) is 0 Å². The van der Waals surface area contributed by atoms with Crippen molar-refractivity contribution in [3.05, 3.63) is 0 Å². The van der Waals surface area contributed by atoms with Crippen LogP contribution in [0.1, 0.15) is 33.1 Å². The Hall–Kier alpha value is -0.810. The fourth-order valence-electron chi connectivity index (χ4n) is 3.30. The first-order valence-corrected chi connectivity index (χ1v) is 7.11. The smallest absolute Gasteiger partial charge is 0.208 e. The predicted molar refractivity (Wildman–Crippen MR) is 75.2 cm³/mol. The Balaban J connectivity index is 2.01. The summed E-state index contributed by atoms with van der Waals surface area (Å²) in [7, 11) is 2.26. The van der Waals surface area contributed by atoms with Gasteiger partial charge in [-0.2, -0.15) is 0 Å². The topological polar surface area (TPSA) is 56.9 Å². The summed E-state index contributed by atoms with van der Waals surface area (Å²) in [5.41, 5.74) is 2.77. The lowest BCUT2D eigenvalue weighted by atomic mass is 9.84. The van der Waals surface area contributed by atoms with Crippen LogP contribution in [0.15, 0.2) is 4.99 Å². The van der Waals surface area contributed by atoms with E-state index in [4.69, 9.17) is 5.84 Å². The van der Waals surface area contributed by atoms with Crippen LogP contribution in [0.3, 0.4) is 0 Å². The van der Waals surface area contributed by atoms with Gasteiger partial charge in [-0.3, -0.25) is 5.43 Å². The van der Waals surface area contributed by atoms with E-state index in [-0.39, 0.29) is 6.04 Å². The number of nitrogens with two attached hydrogens (primary N) is 1. The quantitative estimate of drug-likeness (QED) is 0.311. The van der Waals surface area contributed by atoms with E-state index in [9.17, 15) is 0 Å². The fraction of sp³-hybridized carbons (Fsp3) is 0.923. The summed E-state index contributed by atoms with van der Waals surface area (Å²) in [6.45, 7) is 7.56. The van der Waals surface area contributed by atoms with E-state index in [1.165, 1.54) is 25.8 Å². The lowest BCUT2D eigenvalue weighted by Gasteiger charge is -2.46. The molecule has 18 heavy (non-hydrogen) atoms. The molecule has 0 spiro atoms. The van der Waals surface area contributed by atoms with Gasteiger partial charge in [0.1, 0.15) is 0 Å². The number of nitrogens with zero attached hydrogens (tertiary/aromatic N) is 3. The Labute approximate surface area is 110 Å². The van der Waals surface area contributed by atoms with Gasteiger partial charge in [0.15, 0.2) is 0 Å². The summed E-state index contributed by atoms with van der Waals surface area (Å²) in [4.78, 5) is 9.42. The van der Waals surface area contributed by atoms with E-state index in [1.54, 1.807) is 0 Å².